The van der Waals surface area contributed by atoms with E-state index in [1.54, 1.807) is 29.3 Å². The van der Waals surface area contributed by atoms with Crippen LogP contribution in [0.25, 0.3) is 28.0 Å². The highest BCUT2D eigenvalue weighted by Gasteiger charge is 2.26. The number of nitrogens with one attached hydrogen (secondary N) is 1. The highest BCUT2D eigenvalue weighted by molar-refractivity contribution is 5.95. The maximum atomic E-state index is 15.4. The Hall–Kier alpha value is -4.78. The van der Waals surface area contributed by atoms with E-state index in [1.165, 1.54) is 23.8 Å². The van der Waals surface area contributed by atoms with Gasteiger partial charge in [-0.1, -0.05) is 6.07 Å². The minimum absolute atomic E-state index is 0.0801. The number of rotatable bonds is 8. The molecule has 1 aromatic carbocycles. The lowest BCUT2D eigenvalue weighted by molar-refractivity contribution is 0.0962. The van der Waals surface area contributed by atoms with E-state index in [9.17, 15) is 13.6 Å². The number of ether oxygens (including phenoxy) is 2. The number of carbonyl (C=O) groups is 1. The van der Waals surface area contributed by atoms with Gasteiger partial charge in [0.15, 0.2) is 5.65 Å². The number of imidazole rings is 1. The first kappa shape index (κ1) is 26.4. The van der Waals surface area contributed by atoms with Crippen LogP contribution in [0.15, 0.2) is 61.3 Å². The summed E-state index contributed by atoms with van der Waals surface area (Å²) in [6, 6.07) is 7.55. The predicted octanol–water partition coefficient (Wildman–Crippen LogP) is 4.31. The van der Waals surface area contributed by atoms with Crippen molar-refractivity contribution < 1.29 is 27.4 Å². The molecule has 10 nitrogen and oxygen atoms in total. The third kappa shape index (κ3) is 5.23. The van der Waals surface area contributed by atoms with Crippen LogP contribution in [0.4, 0.5) is 13.2 Å². The van der Waals surface area contributed by atoms with Crippen LogP contribution in [0.5, 0.6) is 5.88 Å². The van der Waals surface area contributed by atoms with Crippen molar-refractivity contribution in [2.45, 2.75) is 25.5 Å². The van der Waals surface area contributed by atoms with E-state index in [1.807, 2.05) is 18.3 Å². The molecule has 1 amide bonds. The van der Waals surface area contributed by atoms with E-state index in [0.29, 0.717) is 43.0 Å². The second-order valence-corrected chi connectivity index (χ2v) is 9.47. The molecular weight excluding hydrogens is 539 g/mol. The molecule has 6 rings (SSSR count). The number of nitrogens with zero attached hydrogens (tertiary/aromatic N) is 6. The maximum Gasteiger partial charge on any atom is 0.266 e. The summed E-state index contributed by atoms with van der Waals surface area (Å²) < 4.78 is 57.6. The second kappa shape index (κ2) is 11.0. The first-order chi connectivity index (χ1) is 19.9. The predicted molar refractivity (Wildman–Crippen MR) is 141 cm³/mol. The monoisotopic (exact) mass is 563 g/mol. The summed E-state index contributed by atoms with van der Waals surface area (Å²) in [6.45, 7) is 1.41. The summed E-state index contributed by atoms with van der Waals surface area (Å²) in [5.74, 6) is -1.58. The molecule has 5 heterocycles. The van der Waals surface area contributed by atoms with Crippen molar-refractivity contribution >= 4 is 11.6 Å². The molecular formula is C28H24F3N7O3. The molecule has 1 aliphatic heterocycles. The van der Waals surface area contributed by atoms with Crippen LogP contribution in [0.3, 0.4) is 0 Å². The van der Waals surface area contributed by atoms with Crippen molar-refractivity contribution in [1.29, 1.82) is 0 Å². The van der Waals surface area contributed by atoms with Gasteiger partial charge in [0.05, 0.1) is 49.0 Å². The quantitative estimate of drug-likeness (QED) is 0.300. The standard InChI is InChI=1S/C28H24F3N7O3/c1-32-27(39)17-7-21(25(29)22(8-17)26(30)31)23-12-34-24-9-20(28(36-38(23)24)41-19-4-6-40-15-19)18-11-35-37(14-18)13-16-3-2-5-33-10-16/h2-3,5,7-12,14,19,26H,4,6,13,15H2,1H3,(H,32,39)/t19-/m0/s1. The van der Waals surface area contributed by atoms with Crippen molar-refractivity contribution in [3.05, 3.63) is 83.8 Å². The van der Waals surface area contributed by atoms with Gasteiger partial charge in [0, 0.05) is 48.7 Å². The smallest absolute Gasteiger partial charge is 0.266 e. The number of pyridine rings is 1. The molecule has 1 aliphatic rings. The summed E-state index contributed by atoms with van der Waals surface area (Å²) >= 11 is 0. The van der Waals surface area contributed by atoms with E-state index < -0.39 is 23.7 Å². The molecule has 1 saturated heterocycles. The van der Waals surface area contributed by atoms with Crippen LogP contribution in [-0.4, -0.2) is 61.6 Å². The van der Waals surface area contributed by atoms with Gasteiger partial charge in [0.1, 0.15) is 11.9 Å². The number of halogens is 3. The van der Waals surface area contributed by atoms with Crippen LogP contribution in [0.2, 0.25) is 0 Å². The number of hydrogen-bond donors (Lipinski definition) is 1. The fourth-order valence-corrected chi connectivity index (χ4v) is 4.68. The number of fused-ring (bicyclic) bond motifs is 1. The van der Waals surface area contributed by atoms with Gasteiger partial charge in [-0.05, 0) is 29.8 Å². The molecule has 1 N–H and O–H groups in total. The average molecular weight is 564 g/mol. The molecule has 1 fully saturated rings. The lowest BCUT2D eigenvalue weighted by Crippen LogP contribution is -2.19. The maximum absolute atomic E-state index is 15.4. The Balaban J connectivity index is 1.46. The van der Waals surface area contributed by atoms with Crippen LogP contribution in [0, 0.1) is 5.82 Å². The topological polar surface area (TPSA) is 108 Å². The largest absolute Gasteiger partial charge is 0.470 e. The Bertz CT molecular complexity index is 1720. The molecule has 0 spiro atoms. The van der Waals surface area contributed by atoms with Gasteiger partial charge in [0.2, 0.25) is 5.88 Å². The molecule has 0 bridgehead atoms. The van der Waals surface area contributed by atoms with Gasteiger partial charge in [-0.2, -0.15) is 5.10 Å². The summed E-state index contributed by atoms with van der Waals surface area (Å²) in [7, 11) is 1.36. The van der Waals surface area contributed by atoms with Gasteiger partial charge in [-0.15, -0.1) is 5.10 Å². The van der Waals surface area contributed by atoms with Gasteiger partial charge >= 0.3 is 0 Å². The molecule has 4 aromatic heterocycles. The molecule has 1 atom stereocenters. The zero-order valence-corrected chi connectivity index (χ0v) is 21.8. The summed E-state index contributed by atoms with van der Waals surface area (Å²) in [6.07, 6.45) is 5.53. The van der Waals surface area contributed by atoms with Crippen molar-refractivity contribution in [3.63, 3.8) is 0 Å². The summed E-state index contributed by atoms with van der Waals surface area (Å²) in [5.41, 5.74) is 1.40. The highest BCUT2D eigenvalue weighted by Crippen LogP contribution is 2.35. The molecule has 0 aliphatic carbocycles. The van der Waals surface area contributed by atoms with Crippen molar-refractivity contribution in [1.82, 2.24) is 34.7 Å². The zero-order chi connectivity index (χ0) is 28.5. The number of benzene rings is 1. The van der Waals surface area contributed by atoms with E-state index in [2.05, 4.69) is 25.5 Å². The molecule has 41 heavy (non-hydrogen) atoms. The third-order valence-electron chi connectivity index (χ3n) is 6.74. The van der Waals surface area contributed by atoms with Crippen LogP contribution >= 0.6 is 0 Å². The van der Waals surface area contributed by atoms with Crippen molar-refractivity contribution in [2.24, 2.45) is 0 Å². The van der Waals surface area contributed by atoms with Crippen LogP contribution in [-0.2, 0) is 11.3 Å². The Kier molecular flexibility index (Phi) is 7.10. The Morgan fingerprint density at radius 1 is 1.22 bits per heavy atom. The first-order valence-corrected chi connectivity index (χ1v) is 12.8. The van der Waals surface area contributed by atoms with Gasteiger partial charge in [-0.3, -0.25) is 14.5 Å². The fourth-order valence-electron chi connectivity index (χ4n) is 4.68. The molecule has 13 heteroatoms. The lowest BCUT2D eigenvalue weighted by atomic mass is 10.0. The Labute approximate surface area is 231 Å². The first-order valence-electron chi connectivity index (χ1n) is 12.8. The molecule has 0 unspecified atom stereocenters. The van der Waals surface area contributed by atoms with E-state index in [4.69, 9.17) is 9.47 Å². The third-order valence-corrected chi connectivity index (χ3v) is 6.74. The molecule has 5 aromatic rings. The Morgan fingerprint density at radius 3 is 2.83 bits per heavy atom. The van der Waals surface area contributed by atoms with Crippen LogP contribution in [0.1, 0.15) is 34.3 Å². The number of hydrogen-bond acceptors (Lipinski definition) is 7. The minimum atomic E-state index is -3.14. The number of alkyl halides is 2. The number of amides is 1. The summed E-state index contributed by atoms with van der Waals surface area (Å²) in [5, 5.41) is 11.5. The van der Waals surface area contributed by atoms with E-state index in [0.717, 1.165) is 11.6 Å². The second-order valence-electron chi connectivity index (χ2n) is 9.47. The average Bonchev–Trinajstić information content (AvgIpc) is 3.75. The fraction of sp³-hybridized carbons (Fsp3) is 0.250. The van der Waals surface area contributed by atoms with E-state index in [-0.39, 0.29) is 28.8 Å². The van der Waals surface area contributed by atoms with Crippen LogP contribution < -0.4 is 10.1 Å². The van der Waals surface area contributed by atoms with Gasteiger partial charge < -0.3 is 14.8 Å². The zero-order valence-electron chi connectivity index (χ0n) is 21.8. The van der Waals surface area contributed by atoms with Gasteiger partial charge in [0.25, 0.3) is 12.3 Å². The van der Waals surface area contributed by atoms with Gasteiger partial charge in [-0.25, -0.2) is 22.7 Å². The molecule has 210 valence electrons. The highest BCUT2D eigenvalue weighted by atomic mass is 19.3. The number of aromatic nitrogens is 6. The normalized spacial score (nSPS) is 15.1. The lowest BCUT2D eigenvalue weighted by Gasteiger charge is -2.15. The van der Waals surface area contributed by atoms with E-state index >= 15 is 4.39 Å². The minimum Gasteiger partial charge on any atom is -0.470 e. The Morgan fingerprint density at radius 2 is 2.10 bits per heavy atom. The number of carbonyl (C=O) groups excluding carboxylic acids is 1. The van der Waals surface area contributed by atoms with Crippen molar-refractivity contribution in [3.8, 4) is 28.3 Å². The molecule has 0 radical (unpaired) electrons. The summed E-state index contributed by atoms with van der Waals surface area (Å²) in [4.78, 5) is 20.8. The SMILES string of the molecule is CNC(=O)c1cc(-c2cnc3cc(-c4cnn(Cc5cccnc5)c4)c(O[C@H]4CCOC4)nn23)c(F)c(C(F)F)c1. The molecule has 0 saturated carbocycles. The van der Waals surface area contributed by atoms with Crippen molar-refractivity contribution in [2.75, 3.05) is 20.3 Å².